The normalized spacial score (nSPS) is 13.6. The molecule has 4 rings (SSSR count). The van der Waals surface area contributed by atoms with Crippen LogP contribution in [0, 0.1) is 5.82 Å². The maximum atomic E-state index is 13.0. The van der Waals surface area contributed by atoms with Crippen molar-refractivity contribution in [1.82, 2.24) is 14.8 Å². The standard InChI is InChI=1S/C21H23FN6O/c1-3-28-19-11-24-20(8-18(19)26(2)14-21(28)29)23-9-16-10-25-27(13-16)12-15-4-6-17(22)7-5-15/h4-8,10-11,13H,3,9,12,14H2,1-2H3,(H,23,24). The number of likely N-dealkylation sites (N-methyl/N-ethyl adjacent to an activating group) is 2. The summed E-state index contributed by atoms with van der Waals surface area (Å²) in [5.41, 5.74) is 3.83. The molecule has 0 aliphatic carbocycles. The maximum absolute atomic E-state index is 13.0. The van der Waals surface area contributed by atoms with E-state index < -0.39 is 0 Å². The smallest absolute Gasteiger partial charge is 0.246 e. The molecule has 8 heteroatoms. The Balaban J connectivity index is 1.42. The molecular formula is C21H23FN6O. The summed E-state index contributed by atoms with van der Waals surface area (Å²) in [6, 6.07) is 8.38. The number of anilines is 3. The Morgan fingerprint density at radius 3 is 2.69 bits per heavy atom. The highest BCUT2D eigenvalue weighted by Gasteiger charge is 2.26. The maximum Gasteiger partial charge on any atom is 0.246 e. The highest BCUT2D eigenvalue weighted by atomic mass is 19.1. The third kappa shape index (κ3) is 4.06. The lowest BCUT2D eigenvalue weighted by Crippen LogP contribution is -2.44. The molecule has 0 atom stereocenters. The minimum absolute atomic E-state index is 0.0820. The van der Waals surface area contributed by atoms with E-state index in [4.69, 9.17) is 0 Å². The zero-order valence-electron chi connectivity index (χ0n) is 16.5. The molecule has 0 saturated carbocycles. The molecule has 0 radical (unpaired) electrons. The molecule has 3 aromatic rings. The zero-order valence-corrected chi connectivity index (χ0v) is 16.5. The molecule has 1 aliphatic heterocycles. The van der Waals surface area contributed by atoms with Gasteiger partial charge in [-0.15, -0.1) is 0 Å². The Kier molecular flexibility index (Phi) is 5.16. The van der Waals surface area contributed by atoms with Crippen molar-refractivity contribution in [3.05, 3.63) is 65.9 Å². The van der Waals surface area contributed by atoms with Crippen LogP contribution < -0.4 is 15.1 Å². The Labute approximate surface area is 168 Å². The summed E-state index contributed by atoms with van der Waals surface area (Å²) < 4.78 is 14.8. The summed E-state index contributed by atoms with van der Waals surface area (Å²) in [6.45, 7) is 4.11. The van der Waals surface area contributed by atoms with E-state index in [1.54, 1.807) is 29.4 Å². The number of nitrogens with one attached hydrogen (secondary N) is 1. The first-order chi connectivity index (χ1) is 14.0. The van der Waals surface area contributed by atoms with Gasteiger partial charge < -0.3 is 15.1 Å². The van der Waals surface area contributed by atoms with Crippen molar-refractivity contribution in [1.29, 1.82) is 0 Å². The lowest BCUT2D eigenvalue weighted by Gasteiger charge is -2.34. The van der Waals surface area contributed by atoms with E-state index in [-0.39, 0.29) is 11.7 Å². The number of nitrogens with zero attached hydrogens (tertiary/aromatic N) is 5. The molecule has 1 N–H and O–H groups in total. The second-order valence-corrected chi connectivity index (χ2v) is 7.08. The minimum atomic E-state index is -0.242. The first kappa shape index (κ1) is 18.9. The van der Waals surface area contributed by atoms with Gasteiger partial charge in [-0.05, 0) is 24.6 Å². The van der Waals surface area contributed by atoms with Gasteiger partial charge in [-0.1, -0.05) is 12.1 Å². The van der Waals surface area contributed by atoms with Crippen LogP contribution in [0.5, 0.6) is 0 Å². The van der Waals surface area contributed by atoms with Crippen LogP contribution in [0.15, 0.2) is 48.9 Å². The summed E-state index contributed by atoms with van der Waals surface area (Å²) in [7, 11) is 1.91. The van der Waals surface area contributed by atoms with E-state index in [9.17, 15) is 9.18 Å². The van der Waals surface area contributed by atoms with Gasteiger partial charge in [0.1, 0.15) is 11.6 Å². The molecule has 0 saturated heterocycles. The summed E-state index contributed by atoms with van der Waals surface area (Å²) in [5.74, 6) is 0.583. The monoisotopic (exact) mass is 394 g/mol. The van der Waals surface area contributed by atoms with Gasteiger partial charge in [-0.2, -0.15) is 5.10 Å². The number of carbonyl (C=O) groups excluding carboxylic acids is 1. The van der Waals surface area contributed by atoms with Crippen molar-refractivity contribution in [2.45, 2.75) is 20.0 Å². The molecule has 7 nitrogen and oxygen atoms in total. The van der Waals surface area contributed by atoms with Crippen LogP contribution in [0.3, 0.4) is 0 Å². The number of amides is 1. The van der Waals surface area contributed by atoms with Gasteiger partial charge in [0.2, 0.25) is 5.91 Å². The number of aromatic nitrogens is 3. The van der Waals surface area contributed by atoms with Crippen LogP contribution >= 0.6 is 0 Å². The van der Waals surface area contributed by atoms with Gasteiger partial charge in [0.25, 0.3) is 0 Å². The topological polar surface area (TPSA) is 66.3 Å². The molecule has 29 heavy (non-hydrogen) atoms. The number of hydrogen-bond acceptors (Lipinski definition) is 5. The Bertz CT molecular complexity index is 1020. The number of hydrogen-bond donors (Lipinski definition) is 1. The summed E-state index contributed by atoms with van der Waals surface area (Å²) in [6.07, 6.45) is 5.50. The van der Waals surface area contributed by atoms with E-state index in [1.807, 2.05) is 35.8 Å². The van der Waals surface area contributed by atoms with Crippen LogP contribution in [0.2, 0.25) is 0 Å². The van der Waals surface area contributed by atoms with Gasteiger partial charge in [-0.25, -0.2) is 9.37 Å². The molecular weight excluding hydrogens is 371 g/mol. The number of pyridine rings is 1. The van der Waals surface area contributed by atoms with E-state index >= 15 is 0 Å². The fourth-order valence-corrected chi connectivity index (χ4v) is 3.46. The molecule has 1 aromatic carbocycles. The van der Waals surface area contributed by atoms with Gasteiger partial charge in [0.15, 0.2) is 0 Å². The first-order valence-corrected chi connectivity index (χ1v) is 9.54. The Hall–Kier alpha value is -3.42. The lowest BCUT2D eigenvalue weighted by molar-refractivity contribution is -0.117. The average Bonchev–Trinajstić information content (AvgIpc) is 3.16. The zero-order chi connectivity index (χ0) is 20.4. The molecule has 0 spiro atoms. The summed E-state index contributed by atoms with van der Waals surface area (Å²) in [4.78, 5) is 20.3. The summed E-state index contributed by atoms with van der Waals surface area (Å²) >= 11 is 0. The molecule has 150 valence electrons. The Morgan fingerprint density at radius 1 is 1.14 bits per heavy atom. The van der Waals surface area contributed by atoms with E-state index in [2.05, 4.69) is 15.4 Å². The first-order valence-electron chi connectivity index (χ1n) is 9.54. The number of halogens is 1. The van der Waals surface area contributed by atoms with Gasteiger partial charge >= 0.3 is 0 Å². The van der Waals surface area contributed by atoms with Crippen molar-refractivity contribution in [2.24, 2.45) is 0 Å². The van der Waals surface area contributed by atoms with Crippen molar-refractivity contribution in [3.8, 4) is 0 Å². The van der Waals surface area contributed by atoms with Gasteiger partial charge in [0.05, 0.1) is 36.9 Å². The van der Waals surface area contributed by atoms with Crippen molar-refractivity contribution < 1.29 is 9.18 Å². The largest absolute Gasteiger partial charge is 0.366 e. The molecule has 3 heterocycles. The second kappa shape index (κ2) is 7.90. The van der Waals surface area contributed by atoms with Crippen molar-refractivity contribution >= 4 is 23.1 Å². The fourth-order valence-electron chi connectivity index (χ4n) is 3.46. The van der Waals surface area contributed by atoms with E-state index in [0.717, 1.165) is 28.3 Å². The quantitative estimate of drug-likeness (QED) is 0.696. The molecule has 0 bridgehead atoms. The minimum Gasteiger partial charge on any atom is -0.366 e. The average molecular weight is 394 g/mol. The van der Waals surface area contributed by atoms with Crippen LogP contribution in [-0.2, 0) is 17.9 Å². The lowest BCUT2D eigenvalue weighted by atomic mass is 10.2. The SMILES string of the molecule is CCN1C(=O)CN(C)c2cc(NCc3cnn(Cc4ccc(F)cc4)c3)ncc21. The van der Waals surface area contributed by atoms with E-state index in [1.165, 1.54) is 12.1 Å². The third-order valence-electron chi connectivity index (χ3n) is 4.97. The Morgan fingerprint density at radius 2 is 1.93 bits per heavy atom. The van der Waals surface area contributed by atoms with Crippen molar-refractivity contribution in [2.75, 3.05) is 35.3 Å². The molecule has 2 aromatic heterocycles. The predicted octanol–water partition coefficient (Wildman–Crippen LogP) is 2.88. The second-order valence-electron chi connectivity index (χ2n) is 7.08. The van der Waals surface area contributed by atoms with Crippen LogP contribution in [0.1, 0.15) is 18.1 Å². The number of fused-ring (bicyclic) bond motifs is 1. The number of benzene rings is 1. The number of carbonyl (C=O) groups is 1. The van der Waals surface area contributed by atoms with Crippen LogP contribution in [0.4, 0.5) is 21.6 Å². The van der Waals surface area contributed by atoms with Crippen molar-refractivity contribution in [3.63, 3.8) is 0 Å². The highest BCUT2D eigenvalue weighted by molar-refractivity contribution is 6.03. The molecule has 0 fully saturated rings. The highest BCUT2D eigenvalue weighted by Crippen LogP contribution is 2.33. The predicted molar refractivity (Wildman–Crippen MR) is 111 cm³/mol. The molecule has 0 unspecified atom stereocenters. The number of rotatable bonds is 6. The third-order valence-corrected chi connectivity index (χ3v) is 4.97. The fraction of sp³-hybridized carbons (Fsp3) is 0.286. The molecule has 1 aliphatic rings. The summed E-state index contributed by atoms with van der Waals surface area (Å²) in [5, 5.41) is 7.68. The van der Waals surface area contributed by atoms with Crippen LogP contribution in [-0.4, -0.2) is 40.8 Å². The van der Waals surface area contributed by atoms with Crippen LogP contribution in [0.25, 0.3) is 0 Å². The van der Waals surface area contributed by atoms with Gasteiger partial charge in [-0.3, -0.25) is 9.48 Å². The molecule has 1 amide bonds. The van der Waals surface area contributed by atoms with Gasteiger partial charge in [0, 0.05) is 38.0 Å². The van der Waals surface area contributed by atoms with E-state index in [0.29, 0.717) is 26.2 Å².